The van der Waals surface area contributed by atoms with Gasteiger partial charge in [0.1, 0.15) is 0 Å². The van der Waals surface area contributed by atoms with Crippen LogP contribution in [0.4, 0.5) is 15.9 Å². The molecule has 0 amide bonds. The van der Waals surface area contributed by atoms with Gasteiger partial charge in [-0.15, -0.1) is 0 Å². The maximum atomic E-state index is 13.4. The highest BCUT2D eigenvalue weighted by Crippen LogP contribution is 2.25. The summed E-state index contributed by atoms with van der Waals surface area (Å²) in [6.45, 7) is 0. The van der Waals surface area contributed by atoms with Crippen molar-refractivity contribution in [3.05, 3.63) is 50.7 Å². The number of halogens is 3. The highest BCUT2D eigenvalue weighted by Gasteiger charge is 2.14. The average Bonchev–Trinajstić information content (AvgIpc) is 2.40. The third-order valence-electron chi connectivity index (χ3n) is 2.64. The number of aromatic nitrogens is 2. The van der Waals surface area contributed by atoms with E-state index >= 15 is 0 Å². The summed E-state index contributed by atoms with van der Waals surface area (Å²) in [5.74, 6) is -1.32. The van der Waals surface area contributed by atoms with E-state index in [1.165, 1.54) is 4.90 Å². The quantitative estimate of drug-likeness (QED) is 0.804. The topological polar surface area (TPSA) is 64.2 Å². The third-order valence-corrected chi connectivity index (χ3v) is 3.54. The lowest BCUT2D eigenvalue weighted by atomic mass is 10.3. The predicted octanol–water partition coefficient (Wildman–Crippen LogP) is 2.54. The molecule has 9 heteroatoms. The van der Waals surface area contributed by atoms with Gasteiger partial charge in [0.05, 0.1) is 6.20 Å². The summed E-state index contributed by atoms with van der Waals surface area (Å²) in [5.41, 5.74) is 4.99. The fourth-order valence-corrected chi connectivity index (χ4v) is 2.34. The zero-order valence-electron chi connectivity index (χ0n) is 10.7. The first-order chi connectivity index (χ1) is 9.79. The standard InChI is InChI=1S/C12H9Cl2FN4OS/c1-18(8-3-6(13)2-7(14)4-8)12(21)19-5-9(15)10(16)17-11(19)20/h2-5H,1H3,(H2,16,17,20). The lowest BCUT2D eigenvalue weighted by molar-refractivity contribution is 0.610. The molecule has 0 bridgehead atoms. The highest BCUT2D eigenvalue weighted by atomic mass is 35.5. The van der Waals surface area contributed by atoms with Gasteiger partial charge in [0, 0.05) is 22.8 Å². The fraction of sp³-hybridized carbons (Fsp3) is 0.0833. The van der Waals surface area contributed by atoms with Gasteiger partial charge < -0.3 is 10.6 Å². The number of nitrogens with zero attached hydrogens (tertiary/aromatic N) is 3. The van der Waals surface area contributed by atoms with Crippen LogP contribution in [0.1, 0.15) is 0 Å². The molecular formula is C12H9Cl2FN4OS. The largest absolute Gasteiger partial charge is 0.381 e. The Balaban J connectivity index is 2.44. The van der Waals surface area contributed by atoms with Gasteiger partial charge in [-0.25, -0.2) is 13.8 Å². The number of rotatable bonds is 1. The van der Waals surface area contributed by atoms with Crippen molar-refractivity contribution in [1.29, 1.82) is 0 Å². The van der Waals surface area contributed by atoms with E-state index in [0.717, 1.165) is 10.8 Å². The van der Waals surface area contributed by atoms with Crippen molar-refractivity contribution in [3.63, 3.8) is 0 Å². The number of nitrogen functional groups attached to an aromatic ring is 1. The first kappa shape index (κ1) is 15.7. The monoisotopic (exact) mass is 346 g/mol. The molecule has 2 aromatic rings. The van der Waals surface area contributed by atoms with Crippen molar-refractivity contribution >= 4 is 52.0 Å². The molecule has 0 radical (unpaired) electrons. The van der Waals surface area contributed by atoms with E-state index in [9.17, 15) is 9.18 Å². The van der Waals surface area contributed by atoms with Crippen molar-refractivity contribution in [2.45, 2.75) is 0 Å². The van der Waals surface area contributed by atoms with Crippen molar-refractivity contribution in [3.8, 4) is 0 Å². The molecule has 21 heavy (non-hydrogen) atoms. The van der Waals surface area contributed by atoms with Crippen LogP contribution >= 0.6 is 35.4 Å². The fourth-order valence-electron chi connectivity index (χ4n) is 1.59. The minimum atomic E-state index is -0.838. The van der Waals surface area contributed by atoms with Crippen molar-refractivity contribution in [2.24, 2.45) is 0 Å². The molecule has 0 aliphatic carbocycles. The number of hydrogen-bond donors (Lipinski definition) is 1. The number of benzene rings is 1. The van der Waals surface area contributed by atoms with Crippen LogP contribution in [0.3, 0.4) is 0 Å². The molecule has 1 aromatic carbocycles. The average molecular weight is 347 g/mol. The van der Waals surface area contributed by atoms with E-state index in [1.54, 1.807) is 25.2 Å². The summed E-state index contributed by atoms with van der Waals surface area (Å²) in [4.78, 5) is 16.5. The lowest BCUT2D eigenvalue weighted by Gasteiger charge is -2.21. The highest BCUT2D eigenvalue weighted by molar-refractivity contribution is 7.80. The van der Waals surface area contributed by atoms with Gasteiger partial charge in [-0.05, 0) is 30.4 Å². The Kier molecular flexibility index (Phi) is 4.46. The normalized spacial score (nSPS) is 10.5. The molecule has 5 nitrogen and oxygen atoms in total. The Morgan fingerprint density at radius 2 is 1.95 bits per heavy atom. The molecule has 110 valence electrons. The summed E-state index contributed by atoms with van der Waals surface area (Å²) in [6, 6.07) is 4.76. The second kappa shape index (κ2) is 5.97. The molecule has 1 aromatic heterocycles. The van der Waals surface area contributed by atoms with Crippen LogP contribution in [0.5, 0.6) is 0 Å². The van der Waals surface area contributed by atoms with Gasteiger partial charge in [0.15, 0.2) is 16.7 Å². The van der Waals surface area contributed by atoms with Gasteiger partial charge in [-0.3, -0.25) is 0 Å². The number of thiocarbonyl (C=S) groups is 1. The minimum absolute atomic E-state index is 0.00438. The zero-order valence-corrected chi connectivity index (χ0v) is 13.0. The SMILES string of the molecule is CN(C(=S)n1cc(F)c(N)nc1=O)c1cc(Cl)cc(Cl)c1. The Morgan fingerprint density at radius 3 is 2.52 bits per heavy atom. The predicted molar refractivity (Wildman–Crippen MR) is 85.7 cm³/mol. The smallest absolute Gasteiger partial charge is 0.356 e. The molecule has 2 rings (SSSR count). The molecule has 0 aliphatic rings. The van der Waals surface area contributed by atoms with Crippen LogP contribution in [0.15, 0.2) is 29.2 Å². The molecule has 0 spiro atoms. The van der Waals surface area contributed by atoms with Crippen LogP contribution in [0.25, 0.3) is 0 Å². The van der Waals surface area contributed by atoms with Gasteiger partial charge >= 0.3 is 5.69 Å². The molecule has 2 N–H and O–H groups in total. The lowest BCUT2D eigenvalue weighted by Crippen LogP contribution is -2.39. The first-order valence-electron chi connectivity index (χ1n) is 5.58. The minimum Gasteiger partial charge on any atom is -0.381 e. The van der Waals surface area contributed by atoms with Crippen LogP contribution in [0.2, 0.25) is 10.0 Å². The second-order valence-electron chi connectivity index (χ2n) is 4.10. The van der Waals surface area contributed by atoms with Crippen molar-refractivity contribution < 1.29 is 4.39 Å². The summed E-state index contributed by atoms with van der Waals surface area (Å²) in [5, 5.41) is 0.812. The second-order valence-corrected chi connectivity index (χ2v) is 5.33. The Morgan fingerprint density at radius 1 is 1.38 bits per heavy atom. The summed E-state index contributed by atoms with van der Waals surface area (Å²) in [6.07, 6.45) is 0.885. The number of anilines is 2. The van der Waals surface area contributed by atoms with Gasteiger partial charge in [0.25, 0.3) is 0 Å². The van der Waals surface area contributed by atoms with Crippen LogP contribution in [-0.2, 0) is 0 Å². The van der Waals surface area contributed by atoms with E-state index < -0.39 is 17.3 Å². The number of nitrogens with two attached hydrogens (primary N) is 1. The van der Waals surface area contributed by atoms with Gasteiger partial charge in [-0.2, -0.15) is 4.98 Å². The van der Waals surface area contributed by atoms with E-state index in [4.69, 9.17) is 41.2 Å². The Hall–Kier alpha value is -1.70. The van der Waals surface area contributed by atoms with Crippen molar-refractivity contribution in [2.75, 3.05) is 17.7 Å². The van der Waals surface area contributed by atoms with E-state index in [-0.39, 0.29) is 5.11 Å². The van der Waals surface area contributed by atoms with Crippen molar-refractivity contribution in [1.82, 2.24) is 9.55 Å². The molecule has 0 saturated heterocycles. The van der Waals surface area contributed by atoms with E-state index in [2.05, 4.69) is 4.98 Å². The van der Waals surface area contributed by atoms with Crippen LogP contribution < -0.4 is 16.3 Å². The molecule has 0 fully saturated rings. The summed E-state index contributed by atoms with van der Waals surface area (Å²) < 4.78 is 14.3. The maximum absolute atomic E-state index is 13.4. The number of hydrogen-bond acceptors (Lipinski definition) is 4. The Labute approximate surface area is 134 Å². The first-order valence-corrected chi connectivity index (χ1v) is 6.75. The summed E-state index contributed by atoms with van der Waals surface area (Å²) in [7, 11) is 1.59. The summed E-state index contributed by atoms with van der Waals surface area (Å²) >= 11 is 17.0. The van der Waals surface area contributed by atoms with E-state index in [1.807, 2.05) is 0 Å². The van der Waals surface area contributed by atoms with Crippen LogP contribution in [-0.4, -0.2) is 21.7 Å². The molecular weight excluding hydrogens is 338 g/mol. The maximum Gasteiger partial charge on any atom is 0.356 e. The molecule has 0 atom stereocenters. The third kappa shape index (κ3) is 3.31. The molecule has 0 saturated carbocycles. The molecule has 0 aliphatic heterocycles. The molecule has 0 unspecified atom stereocenters. The Bertz CT molecular complexity index is 760. The van der Waals surface area contributed by atoms with Crippen LogP contribution in [0, 0.1) is 5.82 Å². The van der Waals surface area contributed by atoms with Gasteiger partial charge in [0.2, 0.25) is 0 Å². The van der Waals surface area contributed by atoms with E-state index in [0.29, 0.717) is 15.7 Å². The van der Waals surface area contributed by atoms with Gasteiger partial charge in [-0.1, -0.05) is 23.2 Å². The zero-order chi connectivity index (χ0) is 15.7. The molecule has 1 heterocycles.